The first-order chi connectivity index (χ1) is 14.5. The fourth-order valence-corrected chi connectivity index (χ4v) is 4.40. The van der Waals surface area contributed by atoms with Crippen molar-refractivity contribution in [2.45, 2.75) is 25.8 Å². The number of anilines is 1. The van der Waals surface area contributed by atoms with E-state index in [9.17, 15) is 4.39 Å². The van der Waals surface area contributed by atoms with Gasteiger partial charge in [0.25, 0.3) is 0 Å². The van der Waals surface area contributed by atoms with Gasteiger partial charge in [0.1, 0.15) is 12.1 Å². The highest BCUT2D eigenvalue weighted by Gasteiger charge is 2.31. The second-order valence-corrected chi connectivity index (χ2v) is 8.38. The first kappa shape index (κ1) is 20.8. The Balaban J connectivity index is 1.66. The molecule has 3 aromatic rings. The van der Waals surface area contributed by atoms with Crippen molar-refractivity contribution in [3.8, 4) is 0 Å². The lowest BCUT2D eigenvalue weighted by atomic mass is 9.92. The van der Waals surface area contributed by atoms with E-state index in [1.165, 1.54) is 6.07 Å². The average molecular weight is 425 g/mol. The number of rotatable bonds is 5. The van der Waals surface area contributed by atoms with Gasteiger partial charge in [-0.2, -0.15) is 0 Å². The lowest BCUT2D eigenvalue weighted by molar-refractivity contribution is 0.207. The summed E-state index contributed by atoms with van der Waals surface area (Å²) in [5.74, 6) is 0.0309. The van der Waals surface area contributed by atoms with E-state index in [1.807, 2.05) is 36.5 Å². The number of hydrogen-bond donors (Lipinski definition) is 0. The summed E-state index contributed by atoms with van der Waals surface area (Å²) in [7, 11) is 0. The Labute approximate surface area is 182 Å². The van der Waals surface area contributed by atoms with Crippen molar-refractivity contribution in [3.63, 3.8) is 0 Å². The third-order valence-corrected chi connectivity index (χ3v) is 5.90. The molecule has 1 aromatic heterocycles. The molecule has 1 saturated heterocycles. The largest absolute Gasteiger partial charge is 0.369 e. The third-order valence-electron chi connectivity index (χ3n) is 5.67. The number of nitrogens with zero attached hydrogens (tertiary/aromatic N) is 4. The van der Waals surface area contributed by atoms with Crippen LogP contribution in [0.25, 0.3) is 0 Å². The first-order valence-electron chi connectivity index (χ1n) is 10.3. The summed E-state index contributed by atoms with van der Waals surface area (Å²) in [5.41, 5.74) is 3.74. The molecular weight excluding hydrogens is 399 g/mol. The highest BCUT2D eigenvalue weighted by atomic mass is 35.5. The highest BCUT2D eigenvalue weighted by molar-refractivity contribution is 6.30. The minimum atomic E-state index is -0.216. The summed E-state index contributed by atoms with van der Waals surface area (Å²) < 4.78 is 14.9. The molecule has 0 N–H and O–H groups in total. The monoisotopic (exact) mass is 424 g/mol. The second kappa shape index (κ2) is 9.11. The van der Waals surface area contributed by atoms with E-state index >= 15 is 0 Å². The number of hydrogen-bond acceptors (Lipinski definition) is 4. The van der Waals surface area contributed by atoms with Crippen LogP contribution in [0.5, 0.6) is 0 Å². The van der Waals surface area contributed by atoms with Gasteiger partial charge in [0, 0.05) is 54.2 Å². The Morgan fingerprint density at radius 3 is 2.43 bits per heavy atom. The van der Waals surface area contributed by atoms with Crippen LogP contribution in [0.2, 0.25) is 5.02 Å². The Bertz CT molecular complexity index is 1000. The van der Waals surface area contributed by atoms with Crippen LogP contribution in [-0.4, -0.2) is 41.0 Å². The Hall–Kier alpha value is -2.50. The Morgan fingerprint density at radius 1 is 0.967 bits per heavy atom. The topological polar surface area (TPSA) is 32.3 Å². The zero-order valence-electron chi connectivity index (χ0n) is 17.3. The summed E-state index contributed by atoms with van der Waals surface area (Å²) in [5, 5.41) is 0.738. The molecule has 0 spiro atoms. The van der Waals surface area contributed by atoms with Crippen LogP contribution in [0, 0.1) is 5.82 Å². The molecule has 1 unspecified atom stereocenters. The predicted octanol–water partition coefficient (Wildman–Crippen LogP) is 5.30. The van der Waals surface area contributed by atoms with Crippen LogP contribution in [0.3, 0.4) is 0 Å². The van der Waals surface area contributed by atoms with E-state index in [-0.39, 0.29) is 17.8 Å². The van der Waals surface area contributed by atoms with Gasteiger partial charge in [0.15, 0.2) is 0 Å². The molecule has 156 valence electrons. The van der Waals surface area contributed by atoms with E-state index in [1.54, 1.807) is 12.4 Å². The zero-order valence-corrected chi connectivity index (χ0v) is 18.1. The van der Waals surface area contributed by atoms with Crippen LogP contribution in [-0.2, 0) is 0 Å². The van der Waals surface area contributed by atoms with Gasteiger partial charge in [-0.05, 0) is 30.2 Å². The Morgan fingerprint density at radius 2 is 1.73 bits per heavy atom. The van der Waals surface area contributed by atoms with Crippen molar-refractivity contribution in [3.05, 3.63) is 88.7 Å². The van der Waals surface area contributed by atoms with Crippen LogP contribution in [0.1, 0.15) is 42.6 Å². The van der Waals surface area contributed by atoms with Crippen molar-refractivity contribution < 1.29 is 4.39 Å². The van der Waals surface area contributed by atoms with Crippen molar-refractivity contribution in [2.24, 2.45) is 0 Å². The highest BCUT2D eigenvalue weighted by Crippen LogP contribution is 2.35. The third kappa shape index (κ3) is 4.32. The van der Waals surface area contributed by atoms with Gasteiger partial charge >= 0.3 is 0 Å². The van der Waals surface area contributed by atoms with Crippen LogP contribution in [0.15, 0.2) is 61.1 Å². The lowest BCUT2D eigenvalue weighted by Gasteiger charge is -2.41. The molecule has 4 rings (SSSR count). The molecule has 0 amide bonds. The summed E-state index contributed by atoms with van der Waals surface area (Å²) in [4.78, 5) is 13.5. The maximum absolute atomic E-state index is 14.9. The lowest BCUT2D eigenvalue weighted by Crippen LogP contribution is -2.48. The van der Waals surface area contributed by atoms with E-state index in [2.05, 4.69) is 39.7 Å². The van der Waals surface area contributed by atoms with E-state index in [0.29, 0.717) is 5.56 Å². The molecule has 1 fully saturated rings. The van der Waals surface area contributed by atoms with E-state index in [0.717, 1.165) is 48.1 Å². The molecular formula is C24H26ClFN4. The normalized spacial score (nSPS) is 16.1. The maximum atomic E-state index is 14.9. The molecule has 1 aliphatic heterocycles. The molecule has 1 atom stereocenters. The van der Waals surface area contributed by atoms with Crippen molar-refractivity contribution in [1.82, 2.24) is 14.9 Å². The summed E-state index contributed by atoms with van der Waals surface area (Å²) >= 11 is 6.18. The van der Waals surface area contributed by atoms with E-state index in [4.69, 9.17) is 11.6 Å². The molecule has 2 heterocycles. The summed E-state index contributed by atoms with van der Waals surface area (Å²) in [6.45, 7) is 7.52. The standard InChI is InChI=1S/C24H26ClFN4/c1-17(2)23-21(15-27-16-28-23)24(20-8-3-4-9-22(20)26)30-12-10-29(11-13-30)19-7-5-6-18(25)14-19/h3-9,14-17,24H,10-13H2,1-2H3. The van der Waals surface area contributed by atoms with Gasteiger partial charge in [-0.3, -0.25) is 4.90 Å². The second-order valence-electron chi connectivity index (χ2n) is 7.94. The minimum absolute atomic E-state index is 0.196. The molecule has 0 saturated carbocycles. The summed E-state index contributed by atoms with van der Waals surface area (Å²) in [6, 6.07) is 14.8. The number of piperazine rings is 1. The minimum Gasteiger partial charge on any atom is -0.369 e. The van der Waals surface area contributed by atoms with Gasteiger partial charge in [-0.15, -0.1) is 0 Å². The summed E-state index contributed by atoms with van der Waals surface area (Å²) in [6.07, 6.45) is 3.43. The molecule has 2 aromatic carbocycles. The van der Waals surface area contributed by atoms with Crippen LogP contribution in [0.4, 0.5) is 10.1 Å². The van der Waals surface area contributed by atoms with Crippen LogP contribution < -0.4 is 4.90 Å². The zero-order chi connectivity index (χ0) is 21.1. The predicted molar refractivity (Wildman–Crippen MR) is 120 cm³/mol. The van der Waals surface area contributed by atoms with E-state index < -0.39 is 0 Å². The smallest absolute Gasteiger partial charge is 0.128 e. The molecule has 4 nitrogen and oxygen atoms in total. The first-order valence-corrected chi connectivity index (χ1v) is 10.7. The van der Waals surface area contributed by atoms with Gasteiger partial charge in [-0.25, -0.2) is 14.4 Å². The maximum Gasteiger partial charge on any atom is 0.128 e. The number of aromatic nitrogens is 2. The molecule has 0 aliphatic carbocycles. The van der Waals surface area contributed by atoms with Crippen molar-refractivity contribution in [2.75, 3.05) is 31.1 Å². The molecule has 30 heavy (non-hydrogen) atoms. The van der Waals surface area contributed by atoms with Crippen molar-refractivity contribution >= 4 is 17.3 Å². The molecule has 0 radical (unpaired) electrons. The fraction of sp³-hybridized carbons (Fsp3) is 0.333. The van der Waals surface area contributed by atoms with Crippen molar-refractivity contribution in [1.29, 1.82) is 0 Å². The van der Waals surface area contributed by atoms with Crippen LogP contribution >= 0.6 is 11.6 Å². The van der Waals surface area contributed by atoms with Gasteiger partial charge < -0.3 is 4.90 Å². The van der Waals surface area contributed by atoms with Gasteiger partial charge in [0.05, 0.1) is 11.7 Å². The molecule has 1 aliphatic rings. The number of benzene rings is 2. The quantitative estimate of drug-likeness (QED) is 0.556. The SMILES string of the molecule is CC(C)c1ncncc1C(c1ccccc1F)N1CCN(c2cccc(Cl)c2)CC1. The van der Waals surface area contributed by atoms with Gasteiger partial charge in [-0.1, -0.05) is 49.7 Å². The number of halogens is 2. The molecule has 0 bridgehead atoms. The molecule has 6 heteroatoms. The fourth-order valence-electron chi connectivity index (χ4n) is 4.21. The Kier molecular flexibility index (Phi) is 6.30. The average Bonchev–Trinajstić information content (AvgIpc) is 2.76. The van der Waals surface area contributed by atoms with Gasteiger partial charge in [0.2, 0.25) is 0 Å².